The molecule has 8 aromatic rings. The van der Waals surface area contributed by atoms with Crippen LogP contribution in [0.25, 0.3) is 60.2 Å². The number of para-hydroxylation sites is 1. The van der Waals surface area contributed by atoms with E-state index in [1.165, 1.54) is 43.4 Å². The van der Waals surface area contributed by atoms with Gasteiger partial charge in [-0.05, 0) is 62.0 Å². The van der Waals surface area contributed by atoms with Gasteiger partial charge in [0.1, 0.15) is 12.0 Å². The summed E-state index contributed by atoms with van der Waals surface area (Å²) < 4.78 is 2.34. The topological polar surface area (TPSA) is 29.3 Å². The van der Waals surface area contributed by atoms with Crippen LogP contribution >= 0.6 is 0 Å². The van der Waals surface area contributed by atoms with Crippen LogP contribution in [0.5, 0.6) is 0 Å². The number of rotatable bonds is 3. The highest BCUT2D eigenvalue weighted by Gasteiger charge is 2.23. The minimum Gasteiger partial charge on any atom is -0.359 e. The summed E-state index contributed by atoms with van der Waals surface area (Å²) in [4.78, 5) is 5.34. The fourth-order valence-corrected chi connectivity index (χ4v) is 6.90. The maximum absolute atomic E-state index is 5.34. The first-order valence-electron chi connectivity index (χ1n) is 15.4. The predicted octanol–water partition coefficient (Wildman–Crippen LogP) is 10.4. The van der Waals surface area contributed by atoms with Crippen LogP contribution < -0.4 is 5.32 Å². The molecule has 0 radical (unpaired) electrons. The first-order chi connectivity index (χ1) is 22.3. The van der Waals surface area contributed by atoms with Crippen molar-refractivity contribution < 1.29 is 0 Å². The summed E-state index contributed by atoms with van der Waals surface area (Å²) in [5.41, 5.74) is 8.08. The third-order valence-corrected chi connectivity index (χ3v) is 9.01. The third-order valence-electron chi connectivity index (χ3n) is 9.01. The van der Waals surface area contributed by atoms with Crippen LogP contribution in [-0.2, 0) is 0 Å². The van der Waals surface area contributed by atoms with Gasteiger partial charge in [-0.25, -0.2) is 4.99 Å². The highest BCUT2D eigenvalue weighted by molar-refractivity contribution is 6.25. The molecule has 1 aliphatic rings. The number of fused-ring (bicyclic) bond motifs is 6. The maximum Gasteiger partial charge on any atom is 0.147 e. The van der Waals surface area contributed by atoms with Gasteiger partial charge in [0.05, 0.1) is 11.0 Å². The molecule has 3 nitrogen and oxygen atoms in total. The number of nitrogens with zero attached hydrogens (tertiary/aromatic N) is 2. The second-order valence-electron chi connectivity index (χ2n) is 11.6. The van der Waals surface area contributed by atoms with E-state index in [9.17, 15) is 0 Å². The number of aromatic nitrogens is 1. The van der Waals surface area contributed by atoms with Crippen LogP contribution in [0, 0.1) is 0 Å². The lowest BCUT2D eigenvalue weighted by Crippen LogP contribution is -2.27. The molecule has 45 heavy (non-hydrogen) atoms. The van der Waals surface area contributed by atoms with Crippen molar-refractivity contribution in [1.82, 2.24) is 9.88 Å². The summed E-state index contributed by atoms with van der Waals surface area (Å²) in [5, 5.41) is 11.2. The fraction of sp³-hybridized carbons (Fsp3) is 0.0238. The highest BCUT2D eigenvalue weighted by atomic mass is 15.2. The quantitative estimate of drug-likeness (QED) is 0.223. The molecular formula is C42H29N3. The number of aliphatic imine (C=N–C) groups is 1. The van der Waals surface area contributed by atoms with Crippen molar-refractivity contribution in [2.75, 3.05) is 0 Å². The minimum absolute atomic E-state index is 0.212. The Morgan fingerprint density at radius 1 is 0.511 bits per heavy atom. The number of hydrogen-bond acceptors (Lipinski definition) is 2. The molecule has 1 unspecified atom stereocenters. The highest BCUT2D eigenvalue weighted by Crippen LogP contribution is 2.39. The molecule has 9 rings (SSSR count). The Kier molecular flexibility index (Phi) is 5.88. The van der Waals surface area contributed by atoms with Crippen molar-refractivity contribution >= 4 is 54.9 Å². The first-order valence-corrected chi connectivity index (χ1v) is 15.4. The number of allylic oxidation sites excluding steroid dienone is 1. The molecule has 1 N–H and O–H groups in total. The van der Waals surface area contributed by atoms with Gasteiger partial charge in [0.25, 0.3) is 0 Å². The van der Waals surface area contributed by atoms with Crippen LogP contribution in [0.3, 0.4) is 0 Å². The summed E-state index contributed by atoms with van der Waals surface area (Å²) in [6.07, 6.45) is 1.98. The van der Waals surface area contributed by atoms with E-state index < -0.39 is 0 Å². The molecule has 0 fully saturated rings. The lowest BCUT2D eigenvalue weighted by Gasteiger charge is -2.25. The molecule has 3 heteroatoms. The van der Waals surface area contributed by atoms with Crippen molar-refractivity contribution in [3.05, 3.63) is 175 Å². The number of hydrogen-bond donors (Lipinski definition) is 1. The van der Waals surface area contributed by atoms with Gasteiger partial charge in [0.2, 0.25) is 0 Å². The monoisotopic (exact) mass is 575 g/mol. The lowest BCUT2D eigenvalue weighted by atomic mass is 9.95. The average molecular weight is 576 g/mol. The molecule has 0 spiro atoms. The van der Waals surface area contributed by atoms with Gasteiger partial charge in [0, 0.05) is 22.5 Å². The molecule has 1 atom stereocenters. The average Bonchev–Trinajstić information content (AvgIpc) is 3.47. The SMILES string of the molecule is C1=C(c2ccccc2)NC(c2ccccc2)N=C1n1c2ccccc2c2c3cc(-c4cccc5ccccc45)ccc3ccc21. The Labute approximate surface area is 261 Å². The van der Waals surface area contributed by atoms with Crippen LogP contribution in [0.2, 0.25) is 0 Å². The van der Waals surface area contributed by atoms with Crippen molar-refractivity contribution in [3.63, 3.8) is 0 Å². The molecule has 1 aliphatic heterocycles. The number of benzene rings is 7. The van der Waals surface area contributed by atoms with E-state index in [-0.39, 0.29) is 6.17 Å². The molecule has 7 aromatic carbocycles. The zero-order valence-corrected chi connectivity index (χ0v) is 24.6. The fourth-order valence-electron chi connectivity index (χ4n) is 6.90. The van der Waals surface area contributed by atoms with Gasteiger partial charge in [-0.15, -0.1) is 0 Å². The maximum atomic E-state index is 5.34. The van der Waals surface area contributed by atoms with E-state index in [1.807, 2.05) is 0 Å². The Morgan fingerprint density at radius 3 is 2.07 bits per heavy atom. The van der Waals surface area contributed by atoms with Gasteiger partial charge in [-0.3, -0.25) is 4.57 Å². The summed E-state index contributed by atoms with van der Waals surface area (Å²) in [7, 11) is 0. The molecule has 1 aromatic heterocycles. The van der Waals surface area contributed by atoms with Crippen LogP contribution in [0.15, 0.2) is 169 Å². The third kappa shape index (κ3) is 4.24. The zero-order chi connectivity index (χ0) is 29.7. The molecule has 0 saturated carbocycles. The van der Waals surface area contributed by atoms with Gasteiger partial charge in [-0.1, -0.05) is 140 Å². The zero-order valence-electron chi connectivity index (χ0n) is 24.6. The summed E-state index contributed by atoms with van der Waals surface area (Å²) in [6, 6.07) is 56.3. The first kappa shape index (κ1) is 25.6. The normalized spacial score (nSPS) is 14.9. The van der Waals surface area contributed by atoms with Gasteiger partial charge in [-0.2, -0.15) is 0 Å². The van der Waals surface area contributed by atoms with Crippen molar-refractivity contribution in [2.24, 2.45) is 4.99 Å². The Balaban J connectivity index is 1.31. The van der Waals surface area contributed by atoms with Crippen LogP contribution in [0.1, 0.15) is 17.3 Å². The van der Waals surface area contributed by atoms with Gasteiger partial charge >= 0.3 is 0 Å². The molecule has 212 valence electrons. The van der Waals surface area contributed by atoms with Crippen molar-refractivity contribution in [1.29, 1.82) is 0 Å². The van der Waals surface area contributed by atoms with E-state index >= 15 is 0 Å². The second kappa shape index (κ2) is 10.4. The molecule has 2 heterocycles. The van der Waals surface area contributed by atoms with E-state index in [2.05, 4.69) is 174 Å². The molecular weight excluding hydrogens is 546 g/mol. The Bertz CT molecular complexity index is 2450. The number of nitrogens with one attached hydrogen (secondary N) is 1. The summed E-state index contributed by atoms with van der Waals surface area (Å²) >= 11 is 0. The van der Waals surface area contributed by atoms with E-state index in [4.69, 9.17) is 4.99 Å². The van der Waals surface area contributed by atoms with Gasteiger partial charge in [0.15, 0.2) is 0 Å². The van der Waals surface area contributed by atoms with Crippen molar-refractivity contribution in [3.8, 4) is 11.1 Å². The second-order valence-corrected chi connectivity index (χ2v) is 11.6. The van der Waals surface area contributed by atoms with Gasteiger partial charge < -0.3 is 5.32 Å². The van der Waals surface area contributed by atoms with E-state index in [1.54, 1.807) is 0 Å². The van der Waals surface area contributed by atoms with Crippen LogP contribution in [-0.4, -0.2) is 10.4 Å². The molecule has 0 amide bonds. The summed E-state index contributed by atoms with van der Waals surface area (Å²) in [6.45, 7) is 0. The Hall–Kier alpha value is -5.93. The van der Waals surface area contributed by atoms with Crippen LogP contribution in [0.4, 0.5) is 0 Å². The summed E-state index contributed by atoms with van der Waals surface area (Å²) in [5.74, 6) is 0.914. The predicted molar refractivity (Wildman–Crippen MR) is 189 cm³/mol. The molecule has 0 bridgehead atoms. The molecule has 0 saturated heterocycles. The van der Waals surface area contributed by atoms with E-state index in [0.29, 0.717) is 0 Å². The van der Waals surface area contributed by atoms with E-state index in [0.717, 1.165) is 33.7 Å². The largest absolute Gasteiger partial charge is 0.359 e. The smallest absolute Gasteiger partial charge is 0.147 e. The molecule has 0 aliphatic carbocycles. The Morgan fingerprint density at radius 2 is 1.20 bits per heavy atom. The van der Waals surface area contributed by atoms with Crippen molar-refractivity contribution in [2.45, 2.75) is 6.17 Å². The minimum atomic E-state index is -0.212. The standard InChI is InChI=1S/C42H29N3/c1-3-13-30(14-4-1)37-27-40(44-42(43-37)31-15-5-2-6-16-31)45-38-21-10-9-19-35(38)41-36-26-32(23-22-29(36)24-25-39(41)45)34-20-11-17-28-12-7-8-18-33(28)34/h1-27,42-43H. The lowest BCUT2D eigenvalue weighted by molar-refractivity contribution is 0.660.